The van der Waals surface area contributed by atoms with Gasteiger partial charge in [0.1, 0.15) is 10.6 Å². The number of carbonyl (C=O) groups excluding carboxylic acids is 2. The molecule has 8 heteroatoms. The summed E-state index contributed by atoms with van der Waals surface area (Å²) in [6.07, 6.45) is 3.41. The highest BCUT2D eigenvalue weighted by atomic mass is 32.2. The molecule has 1 aliphatic carbocycles. The number of carbonyl (C=O) groups is 2. The second-order valence-corrected chi connectivity index (χ2v) is 9.87. The smallest absolute Gasteiger partial charge is 0.265 e. The first-order valence-corrected chi connectivity index (χ1v) is 11.9. The van der Waals surface area contributed by atoms with E-state index in [1.54, 1.807) is 24.3 Å². The number of amides is 2. The van der Waals surface area contributed by atoms with Crippen LogP contribution in [-0.2, 0) is 26.2 Å². The molecule has 0 radical (unpaired) electrons. The highest BCUT2D eigenvalue weighted by Crippen LogP contribution is 2.39. The molecule has 1 saturated carbocycles. The minimum Gasteiger partial charge on any atom is -0.495 e. The number of fused-ring (bicyclic) bond motifs is 1. The summed E-state index contributed by atoms with van der Waals surface area (Å²) < 4.78 is 33.9. The van der Waals surface area contributed by atoms with Gasteiger partial charge in [0, 0.05) is 5.69 Å². The molecule has 2 aromatic carbocycles. The van der Waals surface area contributed by atoms with Gasteiger partial charge >= 0.3 is 0 Å². The van der Waals surface area contributed by atoms with Gasteiger partial charge in [0.25, 0.3) is 10.0 Å². The van der Waals surface area contributed by atoms with Crippen molar-refractivity contribution in [3.8, 4) is 5.75 Å². The Labute approximate surface area is 182 Å². The molecule has 164 valence electrons. The van der Waals surface area contributed by atoms with Crippen LogP contribution in [-0.4, -0.2) is 32.2 Å². The Hall–Kier alpha value is -2.87. The van der Waals surface area contributed by atoms with E-state index in [1.165, 1.54) is 18.1 Å². The lowest BCUT2D eigenvalue weighted by atomic mass is 9.81. The molecule has 2 atom stereocenters. The summed E-state index contributed by atoms with van der Waals surface area (Å²) in [5.74, 6) is -0.562. The Morgan fingerprint density at radius 3 is 2.19 bits per heavy atom. The molecule has 31 heavy (non-hydrogen) atoms. The fourth-order valence-corrected chi connectivity index (χ4v) is 5.71. The van der Waals surface area contributed by atoms with Crippen LogP contribution in [0.1, 0.15) is 36.8 Å². The van der Waals surface area contributed by atoms with Crippen LogP contribution in [0.25, 0.3) is 0 Å². The molecule has 4 rings (SSSR count). The van der Waals surface area contributed by atoms with Crippen molar-refractivity contribution in [2.24, 2.45) is 11.8 Å². The van der Waals surface area contributed by atoms with E-state index in [4.69, 9.17) is 4.74 Å². The molecule has 1 heterocycles. The van der Waals surface area contributed by atoms with E-state index in [0.717, 1.165) is 31.2 Å². The highest BCUT2D eigenvalue weighted by molar-refractivity contribution is 7.92. The molecule has 2 amide bonds. The van der Waals surface area contributed by atoms with Crippen molar-refractivity contribution in [3.05, 3.63) is 53.6 Å². The van der Waals surface area contributed by atoms with Gasteiger partial charge in [0.15, 0.2) is 0 Å². The Bertz CT molecular complexity index is 1090. The third-order valence-corrected chi connectivity index (χ3v) is 7.50. The standard InChI is InChI=1S/C23H26N2O5S/c1-15-7-10-17(11-8-15)24-31(28,29)21-13-16(9-12-20(21)30-2)14-25-22(26)18-5-3-4-6-19(18)23(25)27/h7-13,18-19,24H,3-6,14H2,1-2H3/t18-,19-/m0/s1. The predicted molar refractivity (Wildman–Crippen MR) is 116 cm³/mol. The van der Waals surface area contributed by atoms with Crippen LogP contribution in [0, 0.1) is 18.8 Å². The molecular weight excluding hydrogens is 416 g/mol. The Morgan fingerprint density at radius 1 is 1.00 bits per heavy atom. The second kappa shape index (κ2) is 8.34. The molecule has 0 unspecified atom stereocenters. The van der Waals surface area contributed by atoms with Crippen LogP contribution >= 0.6 is 0 Å². The van der Waals surface area contributed by atoms with Crippen molar-refractivity contribution in [3.63, 3.8) is 0 Å². The Kier molecular flexibility index (Phi) is 5.75. The number of hydrogen-bond donors (Lipinski definition) is 1. The van der Waals surface area contributed by atoms with Crippen LogP contribution in [0.5, 0.6) is 5.75 Å². The first-order valence-electron chi connectivity index (χ1n) is 10.4. The molecule has 7 nitrogen and oxygen atoms in total. The Balaban J connectivity index is 1.61. The fraction of sp³-hybridized carbons (Fsp3) is 0.391. The quantitative estimate of drug-likeness (QED) is 0.692. The van der Waals surface area contributed by atoms with Gasteiger partial charge in [-0.2, -0.15) is 0 Å². The Morgan fingerprint density at radius 2 is 1.61 bits per heavy atom. The van der Waals surface area contributed by atoms with E-state index in [0.29, 0.717) is 11.3 Å². The third-order valence-electron chi connectivity index (χ3n) is 6.09. The maximum atomic E-state index is 13.1. The average molecular weight is 443 g/mol. The van der Waals surface area contributed by atoms with Crippen molar-refractivity contribution in [1.29, 1.82) is 0 Å². The number of rotatable bonds is 6. The van der Waals surface area contributed by atoms with Gasteiger partial charge in [0.05, 0.1) is 25.5 Å². The minimum absolute atomic E-state index is 0.0374. The van der Waals surface area contributed by atoms with Gasteiger partial charge < -0.3 is 4.74 Å². The van der Waals surface area contributed by atoms with Crippen LogP contribution in [0.2, 0.25) is 0 Å². The average Bonchev–Trinajstić information content (AvgIpc) is 3.00. The first kappa shape index (κ1) is 21.4. The number of imide groups is 1. The lowest BCUT2D eigenvalue weighted by Gasteiger charge is -2.19. The maximum absolute atomic E-state index is 13.1. The summed E-state index contributed by atoms with van der Waals surface area (Å²) in [5.41, 5.74) is 2.01. The molecule has 1 saturated heterocycles. The zero-order valence-corrected chi connectivity index (χ0v) is 18.4. The van der Waals surface area contributed by atoms with E-state index < -0.39 is 10.0 Å². The number of anilines is 1. The van der Waals surface area contributed by atoms with Crippen LogP contribution in [0.3, 0.4) is 0 Å². The molecule has 0 bridgehead atoms. The normalized spacial score (nSPS) is 21.2. The van der Waals surface area contributed by atoms with Crippen molar-refractivity contribution < 1.29 is 22.7 Å². The maximum Gasteiger partial charge on any atom is 0.265 e. The fourth-order valence-electron chi connectivity index (χ4n) is 4.43. The van der Waals surface area contributed by atoms with Crippen LogP contribution in [0.4, 0.5) is 5.69 Å². The van der Waals surface area contributed by atoms with E-state index in [-0.39, 0.29) is 40.8 Å². The van der Waals surface area contributed by atoms with E-state index >= 15 is 0 Å². The SMILES string of the molecule is COc1ccc(CN2C(=O)[C@H]3CCCC[C@@H]3C2=O)cc1S(=O)(=O)Nc1ccc(C)cc1. The molecule has 0 spiro atoms. The monoisotopic (exact) mass is 442 g/mol. The highest BCUT2D eigenvalue weighted by Gasteiger charge is 2.47. The number of methoxy groups -OCH3 is 1. The van der Waals surface area contributed by atoms with Gasteiger partial charge in [0.2, 0.25) is 11.8 Å². The number of nitrogens with zero attached hydrogens (tertiary/aromatic N) is 1. The van der Waals surface area contributed by atoms with E-state index in [2.05, 4.69) is 4.72 Å². The summed E-state index contributed by atoms with van der Waals surface area (Å²) in [4.78, 5) is 26.8. The van der Waals surface area contributed by atoms with E-state index in [1.807, 2.05) is 19.1 Å². The van der Waals surface area contributed by atoms with Gasteiger partial charge in [-0.15, -0.1) is 0 Å². The summed E-state index contributed by atoms with van der Waals surface area (Å²) >= 11 is 0. The largest absolute Gasteiger partial charge is 0.495 e. The van der Waals surface area contributed by atoms with Crippen LogP contribution in [0.15, 0.2) is 47.4 Å². The minimum atomic E-state index is -3.94. The van der Waals surface area contributed by atoms with Crippen LogP contribution < -0.4 is 9.46 Å². The van der Waals surface area contributed by atoms with Gasteiger partial charge in [-0.05, 0) is 49.6 Å². The van der Waals surface area contributed by atoms with Gasteiger partial charge in [-0.1, -0.05) is 36.6 Å². The number of hydrogen-bond acceptors (Lipinski definition) is 5. The molecule has 1 aliphatic heterocycles. The zero-order chi connectivity index (χ0) is 22.2. The van der Waals surface area contributed by atoms with Gasteiger partial charge in [-0.25, -0.2) is 8.42 Å². The zero-order valence-electron chi connectivity index (χ0n) is 17.6. The lowest BCUT2D eigenvalue weighted by Crippen LogP contribution is -2.30. The molecule has 2 aromatic rings. The number of sulfonamides is 1. The summed E-state index contributed by atoms with van der Waals surface area (Å²) in [6.45, 7) is 1.98. The lowest BCUT2D eigenvalue weighted by molar-refractivity contribution is -0.140. The van der Waals surface area contributed by atoms with Crippen molar-refractivity contribution in [1.82, 2.24) is 4.90 Å². The molecule has 1 N–H and O–H groups in total. The molecular formula is C23H26N2O5S. The number of nitrogens with one attached hydrogen (secondary N) is 1. The predicted octanol–water partition coefficient (Wildman–Crippen LogP) is 3.48. The summed E-state index contributed by atoms with van der Waals surface area (Å²) in [6, 6.07) is 11.7. The molecule has 2 fully saturated rings. The van der Waals surface area contributed by atoms with E-state index in [9.17, 15) is 18.0 Å². The number of aryl methyl sites for hydroxylation is 1. The number of ether oxygens (including phenoxy) is 1. The first-order chi connectivity index (χ1) is 14.8. The van der Waals surface area contributed by atoms with Crippen molar-refractivity contribution >= 4 is 27.5 Å². The molecule has 2 aliphatic rings. The van der Waals surface area contributed by atoms with Gasteiger partial charge in [-0.3, -0.25) is 19.2 Å². The second-order valence-electron chi connectivity index (χ2n) is 8.22. The topological polar surface area (TPSA) is 92.8 Å². The number of benzene rings is 2. The molecule has 0 aromatic heterocycles. The summed E-state index contributed by atoms with van der Waals surface area (Å²) in [7, 11) is -2.54. The third kappa shape index (κ3) is 4.17. The van der Waals surface area contributed by atoms with Crippen molar-refractivity contribution in [2.45, 2.75) is 44.0 Å². The summed E-state index contributed by atoms with van der Waals surface area (Å²) in [5, 5.41) is 0. The number of likely N-dealkylation sites (tertiary alicyclic amines) is 1. The van der Waals surface area contributed by atoms with Crippen molar-refractivity contribution in [2.75, 3.05) is 11.8 Å².